The van der Waals surface area contributed by atoms with E-state index in [9.17, 15) is 4.79 Å². The molecule has 0 spiro atoms. The Labute approximate surface area is 161 Å². The van der Waals surface area contributed by atoms with Gasteiger partial charge in [0.25, 0.3) is 0 Å². The first-order valence-corrected chi connectivity index (χ1v) is 9.59. The van der Waals surface area contributed by atoms with Crippen molar-refractivity contribution in [1.82, 2.24) is 14.9 Å². The van der Waals surface area contributed by atoms with Gasteiger partial charge < -0.3 is 9.32 Å². The molecule has 0 N–H and O–H groups in total. The third-order valence-electron chi connectivity index (χ3n) is 4.62. The smallest absolute Gasteiger partial charge is 0.228 e. The molecule has 3 heterocycles. The molecule has 1 aromatic carbocycles. The highest BCUT2D eigenvalue weighted by molar-refractivity contribution is 7.13. The standard InChI is InChI=1S/C21H19N3O2S/c1-14(19-10-15-6-3-4-8-18(15)26-19)24(2)20(25)11-17-13-27-21(23-17)16-7-5-9-22-12-16/h3-10,12-14H,11H2,1-2H3. The summed E-state index contributed by atoms with van der Waals surface area (Å²) in [5, 5.41) is 3.85. The zero-order chi connectivity index (χ0) is 18.8. The van der Waals surface area contributed by atoms with E-state index in [0.29, 0.717) is 0 Å². The molecule has 1 amide bonds. The minimum atomic E-state index is -0.152. The van der Waals surface area contributed by atoms with Gasteiger partial charge in [-0.25, -0.2) is 4.98 Å². The summed E-state index contributed by atoms with van der Waals surface area (Å²) < 4.78 is 5.90. The molecular weight excluding hydrogens is 358 g/mol. The van der Waals surface area contributed by atoms with Crippen molar-refractivity contribution in [1.29, 1.82) is 0 Å². The van der Waals surface area contributed by atoms with Crippen LogP contribution in [0.4, 0.5) is 0 Å². The molecule has 0 saturated heterocycles. The number of fused-ring (bicyclic) bond motifs is 1. The highest BCUT2D eigenvalue weighted by atomic mass is 32.1. The van der Waals surface area contributed by atoms with E-state index in [1.165, 1.54) is 11.3 Å². The number of pyridine rings is 1. The first kappa shape index (κ1) is 17.4. The summed E-state index contributed by atoms with van der Waals surface area (Å²) >= 11 is 1.52. The topological polar surface area (TPSA) is 59.2 Å². The van der Waals surface area contributed by atoms with Crippen LogP contribution in [0.15, 0.2) is 64.7 Å². The molecule has 1 atom stereocenters. The number of furan rings is 1. The van der Waals surface area contributed by atoms with Gasteiger partial charge in [-0.15, -0.1) is 11.3 Å². The number of rotatable bonds is 5. The molecular formula is C21H19N3O2S. The summed E-state index contributed by atoms with van der Waals surface area (Å²) in [7, 11) is 1.80. The molecule has 0 saturated carbocycles. The summed E-state index contributed by atoms with van der Waals surface area (Å²) in [4.78, 5) is 23.1. The number of carbonyl (C=O) groups is 1. The molecule has 0 aliphatic rings. The maximum Gasteiger partial charge on any atom is 0.228 e. The number of benzene rings is 1. The molecule has 6 heteroatoms. The SMILES string of the molecule is CC(c1cc2ccccc2o1)N(C)C(=O)Cc1csc(-c2cccnc2)n1. The molecule has 0 aliphatic heterocycles. The highest BCUT2D eigenvalue weighted by Gasteiger charge is 2.21. The molecule has 0 fully saturated rings. The van der Waals surface area contributed by atoms with E-state index >= 15 is 0 Å². The van der Waals surface area contributed by atoms with Gasteiger partial charge in [-0.05, 0) is 31.2 Å². The van der Waals surface area contributed by atoms with Gasteiger partial charge in [0, 0.05) is 35.8 Å². The molecule has 4 rings (SSSR count). The van der Waals surface area contributed by atoms with Crippen molar-refractivity contribution in [3.8, 4) is 10.6 Å². The van der Waals surface area contributed by atoms with Crippen molar-refractivity contribution in [2.75, 3.05) is 7.05 Å². The first-order chi connectivity index (χ1) is 13.1. The van der Waals surface area contributed by atoms with E-state index in [2.05, 4.69) is 9.97 Å². The maximum absolute atomic E-state index is 12.7. The Morgan fingerprint density at radius 3 is 2.89 bits per heavy atom. The monoisotopic (exact) mass is 377 g/mol. The van der Waals surface area contributed by atoms with Crippen LogP contribution < -0.4 is 0 Å². The normalized spacial score (nSPS) is 12.2. The second-order valence-electron chi connectivity index (χ2n) is 6.43. The Morgan fingerprint density at radius 1 is 1.26 bits per heavy atom. The average Bonchev–Trinajstić information content (AvgIpc) is 3.34. The predicted molar refractivity (Wildman–Crippen MR) is 106 cm³/mol. The van der Waals surface area contributed by atoms with Gasteiger partial charge in [-0.2, -0.15) is 0 Å². The number of para-hydroxylation sites is 1. The van der Waals surface area contributed by atoms with Crippen LogP contribution in [-0.2, 0) is 11.2 Å². The summed E-state index contributed by atoms with van der Waals surface area (Å²) in [5.74, 6) is 0.785. The zero-order valence-electron chi connectivity index (χ0n) is 15.1. The fourth-order valence-corrected chi connectivity index (χ4v) is 3.72. The van der Waals surface area contributed by atoms with Crippen molar-refractivity contribution in [3.63, 3.8) is 0 Å². The molecule has 3 aromatic heterocycles. The van der Waals surface area contributed by atoms with Crippen molar-refractivity contribution in [2.24, 2.45) is 0 Å². The second kappa shape index (κ2) is 7.32. The maximum atomic E-state index is 12.7. The largest absolute Gasteiger partial charge is 0.459 e. The molecule has 5 nitrogen and oxygen atoms in total. The summed E-state index contributed by atoms with van der Waals surface area (Å²) in [6, 6.07) is 13.5. The van der Waals surface area contributed by atoms with E-state index in [0.717, 1.165) is 33.0 Å². The van der Waals surface area contributed by atoms with Crippen molar-refractivity contribution in [2.45, 2.75) is 19.4 Å². The Bertz CT molecular complexity index is 1040. The minimum Gasteiger partial charge on any atom is -0.459 e. The van der Waals surface area contributed by atoms with Crippen LogP contribution in [0.5, 0.6) is 0 Å². The number of carbonyl (C=O) groups excluding carboxylic acids is 1. The quantitative estimate of drug-likeness (QED) is 0.505. The van der Waals surface area contributed by atoms with Crippen LogP contribution in [0.2, 0.25) is 0 Å². The number of amides is 1. The summed E-state index contributed by atoms with van der Waals surface area (Å²) in [5.41, 5.74) is 2.57. The van der Waals surface area contributed by atoms with Crippen LogP contribution in [0.3, 0.4) is 0 Å². The third kappa shape index (κ3) is 3.61. The van der Waals surface area contributed by atoms with Gasteiger partial charge in [-0.1, -0.05) is 18.2 Å². The van der Waals surface area contributed by atoms with Gasteiger partial charge >= 0.3 is 0 Å². The fraction of sp³-hybridized carbons (Fsp3) is 0.190. The average molecular weight is 377 g/mol. The number of aromatic nitrogens is 2. The van der Waals surface area contributed by atoms with Crippen LogP contribution >= 0.6 is 11.3 Å². The number of nitrogens with zero attached hydrogens (tertiary/aromatic N) is 3. The predicted octanol–water partition coefficient (Wildman–Crippen LogP) is 4.71. The lowest BCUT2D eigenvalue weighted by Gasteiger charge is -2.23. The molecule has 1 unspecified atom stereocenters. The van der Waals surface area contributed by atoms with Crippen LogP contribution in [0.1, 0.15) is 24.4 Å². The minimum absolute atomic E-state index is 0.00555. The van der Waals surface area contributed by atoms with Crippen molar-refractivity contribution < 1.29 is 9.21 Å². The molecule has 0 aliphatic carbocycles. The van der Waals surface area contributed by atoms with Crippen molar-refractivity contribution in [3.05, 3.63) is 71.7 Å². The zero-order valence-corrected chi connectivity index (χ0v) is 15.9. The lowest BCUT2D eigenvalue weighted by Crippen LogP contribution is -2.30. The van der Waals surface area contributed by atoms with E-state index < -0.39 is 0 Å². The van der Waals surface area contributed by atoms with Gasteiger partial charge in [0.2, 0.25) is 5.91 Å². The van der Waals surface area contributed by atoms with E-state index in [1.54, 1.807) is 24.3 Å². The molecule has 0 radical (unpaired) electrons. The molecule has 4 aromatic rings. The fourth-order valence-electron chi connectivity index (χ4n) is 2.90. The number of hydrogen-bond acceptors (Lipinski definition) is 5. The van der Waals surface area contributed by atoms with Gasteiger partial charge in [-0.3, -0.25) is 9.78 Å². The Morgan fingerprint density at radius 2 is 2.11 bits per heavy atom. The number of hydrogen-bond donors (Lipinski definition) is 0. The Balaban J connectivity index is 1.47. The number of thiazole rings is 1. The van der Waals surface area contributed by atoms with Gasteiger partial charge in [0.05, 0.1) is 18.2 Å². The lowest BCUT2D eigenvalue weighted by atomic mass is 10.2. The van der Waals surface area contributed by atoms with E-state index in [1.807, 2.05) is 54.8 Å². The van der Waals surface area contributed by atoms with Crippen LogP contribution in [0.25, 0.3) is 21.5 Å². The van der Waals surface area contributed by atoms with Crippen LogP contribution in [0, 0.1) is 0 Å². The summed E-state index contributed by atoms with van der Waals surface area (Å²) in [6.45, 7) is 1.97. The first-order valence-electron chi connectivity index (χ1n) is 8.71. The second-order valence-corrected chi connectivity index (χ2v) is 7.29. The van der Waals surface area contributed by atoms with Gasteiger partial charge in [0.1, 0.15) is 16.4 Å². The van der Waals surface area contributed by atoms with E-state index in [-0.39, 0.29) is 18.4 Å². The lowest BCUT2D eigenvalue weighted by molar-refractivity contribution is -0.131. The molecule has 27 heavy (non-hydrogen) atoms. The Hall–Kier alpha value is -2.99. The van der Waals surface area contributed by atoms with Crippen molar-refractivity contribution >= 4 is 28.2 Å². The summed E-state index contributed by atoms with van der Waals surface area (Å²) in [6.07, 6.45) is 3.77. The molecule has 0 bridgehead atoms. The van der Waals surface area contributed by atoms with E-state index in [4.69, 9.17) is 4.42 Å². The highest BCUT2D eigenvalue weighted by Crippen LogP contribution is 2.27. The third-order valence-corrected chi connectivity index (χ3v) is 5.56. The number of likely N-dealkylation sites (N-methyl/N-ethyl adjacent to an activating group) is 1. The molecule has 136 valence electrons. The van der Waals surface area contributed by atoms with Gasteiger partial charge in [0.15, 0.2) is 0 Å². The van der Waals surface area contributed by atoms with Crippen LogP contribution in [-0.4, -0.2) is 27.8 Å². The Kier molecular flexibility index (Phi) is 4.73.